The molecule has 0 radical (unpaired) electrons. The van der Waals surface area contributed by atoms with Crippen LogP contribution in [0.3, 0.4) is 0 Å². The van der Waals surface area contributed by atoms with E-state index in [0.717, 1.165) is 29.5 Å². The summed E-state index contributed by atoms with van der Waals surface area (Å²) >= 11 is 0. The number of amides is 1. The number of hydrogen-bond acceptors (Lipinski definition) is 3. The summed E-state index contributed by atoms with van der Waals surface area (Å²) in [6.45, 7) is 0.620. The highest BCUT2D eigenvalue weighted by Crippen LogP contribution is 2.18. The monoisotopic (exact) mass is 358 g/mol. The van der Waals surface area contributed by atoms with Crippen LogP contribution in [0.4, 0.5) is 0 Å². The molecule has 0 aliphatic carbocycles. The second-order valence-electron chi connectivity index (χ2n) is 6.12. The molecule has 0 atom stereocenters. The number of benzene rings is 2. The van der Waals surface area contributed by atoms with E-state index in [1.807, 2.05) is 48.5 Å². The topological polar surface area (TPSA) is 51.2 Å². The summed E-state index contributed by atoms with van der Waals surface area (Å²) in [7, 11) is 0. The van der Waals surface area contributed by atoms with Crippen molar-refractivity contribution in [1.29, 1.82) is 0 Å². The van der Waals surface area contributed by atoms with E-state index >= 15 is 0 Å². The van der Waals surface area contributed by atoms with Gasteiger partial charge in [-0.25, -0.2) is 0 Å². The third-order valence-electron chi connectivity index (χ3n) is 4.10. The highest BCUT2D eigenvalue weighted by atomic mass is 16.5. The van der Waals surface area contributed by atoms with Crippen molar-refractivity contribution >= 4 is 16.8 Å². The van der Waals surface area contributed by atoms with Crippen molar-refractivity contribution in [3.05, 3.63) is 72.4 Å². The molecule has 3 aromatic rings. The Balaban J connectivity index is 1.32. The molecule has 2 aromatic carbocycles. The minimum absolute atomic E-state index is 0.0294. The van der Waals surface area contributed by atoms with E-state index in [2.05, 4.69) is 34.3 Å². The van der Waals surface area contributed by atoms with E-state index < -0.39 is 0 Å². The fourth-order valence-electron chi connectivity index (χ4n) is 2.70. The van der Waals surface area contributed by atoms with Crippen LogP contribution in [0.15, 0.2) is 66.9 Å². The van der Waals surface area contributed by atoms with Gasteiger partial charge < -0.3 is 10.1 Å². The van der Waals surface area contributed by atoms with Gasteiger partial charge in [-0.05, 0) is 36.6 Å². The van der Waals surface area contributed by atoms with Crippen molar-refractivity contribution < 1.29 is 9.53 Å². The van der Waals surface area contributed by atoms with Gasteiger partial charge in [0.25, 0.3) is 0 Å². The van der Waals surface area contributed by atoms with Crippen LogP contribution >= 0.6 is 0 Å². The Morgan fingerprint density at radius 3 is 2.81 bits per heavy atom. The van der Waals surface area contributed by atoms with Crippen molar-refractivity contribution in [3.63, 3.8) is 0 Å². The molecular weight excluding hydrogens is 336 g/mol. The van der Waals surface area contributed by atoms with Crippen LogP contribution in [0.2, 0.25) is 0 Å². The molecule has 1 heterocycles. The molecule has 4 nitrogen and oxygen atoms in total. The molecule has 0 spiro atoms. The van der Waals surface area contributed by atoms with E-state index in [0.29, 0.717) is 13.0 Å². The number of aryl methyl sites for hydroxylation is 1. The van der Waals surface area contributed by atoms with Gasteiger partial charge in [0.2, 0.25) is 5.91 Å². The third-order valence-corrected chi connectivity index (χ3v) is 4.10. The highest BCUT2D eigenvalue weighted by molar-refractivity contribution is 5.79. The highest BCUT2D eigenvalue weighted by Gasteiger charge is 2.00. The van der Waals surface area contributed by atoms with Crippen molar-refractivity contribution in [1.82, 2.24) is 10.3 Å². The number of ether oxygens (including phenoxy) is 1. The first-order valence-corrected chi connectivity index (χ1v) is 9.05. The molecule has 27 heavy (non-hydrogen) atoms. The van der Waals surface area contributed by atoms with Crippen LogP contribution in [-0.2, 0) is 11.2 Å². The quantitative estimate of drug-likeness (QED) is 0.655. The molecule has 0 bridgehead atoms. The second kappa shape index (κ2) is 9.98. The number of fused-ring (bicyclic) bond motifs is 1. The summed E-state index contributed by atoms with van der Waals surface area (Å²) in [5.74, 6) is 6.59. The maximum Gasteiger partial charge on any atom is 0.220 e. The van der Waals surface area contributed by atoms with Crippen LogP contribution < -0.4 is 10.1 Å². The van der Waals surface area contributed by atoms with Gasteiger partial charge in [-0.3, -0.25) is 9.78 Å². The Morgan fingerprint density at radius 2 is 1.93 bits per heavy atom. The first-order chi connectivity index (χ1) is 13.3. The number of nitrogens with zero attached hydrogens (tertiary/aromatic N) is 1. The molecule has 0 aliphatic rings. The molecule has 0 saturated carbocycles. The molecule has 1 N–H and O–H groups in total. The summed E-state index contributed by atoms with van der Waals surface area (Å²) in [6, 6.07) is 19.9. The lowest BCUT2D eigenvalue weighted by molar-refractivity contribution is -0.120. The predicted molar refractivity (Wildman–Crippen MR) is 107 cm³/mol. The van der Waals surface area contributed by atoms with E-state index in [1.165, 1.54) is 5.56 Å². The van der Waals surface area contributed by atoms with Gasteiger partial charge in [-0.1, -0.05) is 48.2 Å². The number of hydrogen-bond donors (Lipinski definition) is 1. The molecule has 1 aromatic heterocycles. The first-order valence-electron chi connectivity index (χ1n) is 9.05. The minimum atomic E-state index is 0.0294. The summed E-state index contributed by atoms with van der Waals surface area (Å²) < 4.78 is 5.61. The smallest absolute Gasteiger partial charge is 0.220 e. The van der Waals surface area contributed by atoms with Gasteiger partial charge >= 0.3 is 0 Å². The van der Waals surface area contributed by atoms with Gasteiger partial charge in [-0.15, -0.1) is 0 Å². The van der Waals surface area contributed by atoms with Gasteiger partial charge in [0.1, 0.15) is 12.4 Å². The van der Waals surface area contributed by atoms with Crippen LogP contribution in [0, 0.1) is 11.8 Å². The number of pyridine rings is 1. The maximum atomic E-state index is 11.8. The van der Waals surface area contributed by atoms with Gasteiger partial charge in [0.15, 0.2) is 0 Å². The van der Waals surface area contributed by atoms with Crippen molar-refractivity contribution in [2.75, 3.05) is 13.2 Å². The Labute approximate surface area is 159 Å². The Hall–Kier alpha value is -3.32. The van der Waals surface area contributed by atoms with E-state index in [4.69, 9.17) is 4.74 Å². The second-order valence-corrected chi connectivity index (χ2v) is 6.12. The zero-order chi connectivity index (χ0) is 18.7. The number of nitrogens with one attached hydrogen (secondary N) is 1. The van der Waals surface area contributed by atoms with Crippen LogP contribution in [0.5, 0.6) is 5.75 Å². The number of carbonyl (C=O) groups is 1. The molecule has 0 unspecified atom stereocenters. The average molecular weight is 358 g/mol. The summed E-state index contributed by atoms with van der Waals surface area (Å²) in [5, 5.41) is 3.89. The minimum Gasteiger partial charge on any atom is -0.481 e. The molecule has 136 valence electrons. The van der Waals surface area contributed by atoms with Crippen molar-refractivity contribution in [3.8, 4) is 17.6 Å². The van der Waals surface area contributed by atoms with Gasteiger partial charge in [0.05, 0.1) is 12.1 Å². The fourth-order valence-corrected chi connectivity index (χ4v) is 2.70. The summed E-state index contributed by atoms with van der Waals surface area (Å²) in [4.78, 5) is 16.1. The Morgan fingerprint density at radius 1 is 1.04 bits per heavy atom. The largest absolute Gasteiger partial charge is 0.481 e. The SMILES string of the molecule is O=C(CCCc1ccccc1)NCC#CCOc1ccc2cccnc2c1. The predicted octanol–water partition coefficient (Wildman–Crippen LogP) is 3.76. The van der Waals surface area contributed by atoms with Crippen molar-refractivity contribution in [2.45, 2.75) is 19.3 Å². The normalized spacial score (nSPS) is 10.1. The molecule has 0 fully saturated rings. The lowest BCUT2D eigenvalue weighted by Gasteiger charge is -2.03. The number of aromatic nitrogens is 1. The van der Waals surface area contributed by atoms with Crippen LogP contribution in [0.25, 0.3) is 10.9 Å². The number of rotatable bonds is 7. The van der Waals surface area contributed by atoms with Crippen molar-refractivity contribution in [2.24, 2.45) is 0 Å². The Bertz CT molecular complexity index is 942. The zero-order valence-corrected chi connectivity index (χ0v) is 15.2. The number of carbonyl (C=O) groups excluding carboxylic acids is 1. The maximum absolute atomic E-state index is 11.8. The lowest BCUT2D eigenvalue weighted by atomic mass is 10.1. The van der Waals surface area contributed by atoms with Crippen LogP contribution in [0.1, 0.15) is 18.4 Å². The molecule has 4 heteroatoms. The average Bonchev–Trinajstić information content (AvgIpc) is 2.71. The summed E-state index contributed by atoms with van der Waals surface area (Å²) in [5.41, 5.74) is 2.15. The molecule has 1 amide bonds. The van der Waals surface area contributed by atoms with E-state index in [9.17, 15) is 4.79 Å². The Kier molecular flexibility index (Phi) is 6.83. The molecule has 0 aliphatic heterocycles. The molecular formula is C23H22N2O2. The summed E-state index contributed by atoms with van der Waals surface area (Å²) in [6.07, 6.45) is 4.02. The molecule has 3 rings (SSSR count). The van der Waals surface area contributed by atoms with Gasteiger partial charge in [-0.2, -0.15) is 0 Å². The standard InChI is InChI=1S/C23H22N2O2/c26-23(12-6-10-19-8-2-1-3-9-19)25-15-4-5-17-27-21-14-13-20-11-7-16-24-22(20)18-21/h1-3,7-9,11,13-14,16,18H,6,10,12,15,17H2,(H,25,26). The van der Waals surface area contributed by atoms with E-state index in [-0.39, 0.29) is 12.5 Å². The van der Waals surface area contributed by atoms with Gasteiger partial charge in [0, 0.05) is 24.1 Å². The fraction of sp³-hybridized carbons (Fsp3) is 0.217. The van der Waals surface area contributed by atoms with E-state index in [1.54, 1.807) is 6.20 Å². The lowest BCUT2D eigenvalue weighted by Crippen LogP contribution is -2.23. The first kappa shape index (κ1) is 18.5. The molecule has 0 saturated heterocycles. The van der Waals surface area contributed by atoms with Crippen LogP contribution in [-0.4, -0.2) is 24.0 Å². The zero-order valence-electron chi connectivity index (χ0n) is 15.2. The third kappa shape index (κ3) is 6.16.